The lowest BCUT2D eigenvalue weighted by molar-refractivity contribution is -0.134. The van der Waals surface area contributed by atoms with E-state index in [1.54, 1.807) is 60.4 Å². The van der Waals surface area contributed by atoms with Gasteiger partial charge in [-0.3, -0.25) is 4.79 Å². The second-order valence-electron chi connectivity index (χ2n) is 10.1. The monoisotopic (exact) mass is 546 g/mol. The number of aliphatic hydroxyl groups excluding tert-OH is 1. The van der Waals surface area contributed by atoms with Crippen LogP contribution >= 0.6 is 0 Å². The van der Waals surface area contributed by atoms with Gasteiger partial charge >= 0.3 is 6.03 Å². The highest BCUT2D eigenvalue weighted by atomic mass is 32.2. The largest absolute Gasteiger partial charge is 0.488 e. The highest BCUT2D eigenvalue weighted by Gasteiger charge is 2.33. The van der Waals surface area contributed by atoms with Crippen LogP contribution in [0.4, 0.5) is 10.5 Å². The molecule has 11 heteroatoms. The zero-order valence-corrected chi connectivity index (χ0v) is 23.4. The molecule has 0 saturated carbocycles. The molecule has 3 amide bonds. The molecule has 0 fully saturated rings. The summed E-state index contributed by atoms with van der Waals surface area (Å²) >= 11 is 0. The van der Waals surface area contributed by atoms with Crippen LogP contribution in [-0.2, 0) is 21.2 Å². The minimum atomic E-state index is -3.77. The Balaban J connectivity index is 1.95. The SMILES string of the molecule is CC(C)NC(=O)Nc1ccc2c(c1)CC(=O)N([C@H](C)CO)C[C@@H](C)[C@H](CN(C)S(=O)(=O)c1ccccc1)O2. The number of nitrogens with zero attached hydrogens (tertiary/aromatic N) is 2. The lowest BCUT2D eigenvalue weighted by Gasteiger charge is -2.33. The lowest BCUT2D eigenvalue weighted by atomic mass is 10.0. The fourth-order valence-electron chi connectivity index (χ4n) is 4.28. The van der Waals surface area contributed by atoms with E-state index in [1.807, 2.05) is 20.8 Å². The normalized spacial score (nSPS) is 19.2. The number of ether oxygens (including phenoxy) is 1. The number of sulfonamides is 1. The molecule has 1 heterocycles. The summed E-state index contributed by atoms with van der Waals surface area (Å²) in [5, 5.41) is 15.3. The first kappa shape index (κ1) is 29.4. The van der Waals surface area contributed by atoms with Gasteiger partial charge in [-0.2, -0.15) is 4.31 Å². The molecule has 1 aliphatic rings. The summed E-state index contributed by atoms with van der Waals surface area (Å²) in [4.78, 5) is 27.3. The van der Waals surface area contributed by atoms with Gasteiger partial charge in [0, 0.05) is 36.8 Å². The van der Waals surface area contributed by atoms with Gasteiger partial charge < -0.3 is 25.4 Å². The van der Waals surface area contributed by atoms with Crippen molar-refractivity contribution in [2.24, 2.45) is 5.92 Å². The Morgan fingerprint density at radius 2 is 1.87 bits per heavy atom. The van der Waals surface area contributed by atoms with Crippen molar-refractivity contribution in [1.29, 1.82) is 0 Å². The van der Waals surface area contributed by atoms with Crippen LogP contribution in [0.15, 0.2) is 53.4 Å². The van der Waals surface area contributed by atoms with E-state index in [-0.39, 0.29) is 54.9 Å². The quantitative estimate of drug-likeness (QED) is 0.467. The van der Waals surface area contributed by atoms with E-state index in [2.05, 4.69) is 10.6 Å². The first-order valence-corrected chi connectivity index (χ1v) is 14.1. The van der Waals surface area contributed by atoms with Crippen molar-refractivity contribution in [3.63, 3.8) is 0 Å². The first-order chi connectivity index (χ1) is 17.9. The molecular formula is C27H38N4O6S. The Morgan fingerprint density at radius 1 is 1.18 bits per heavy atom. The van der Waals surface area contributed by atoms with Crippen molar-refractivity contribution >= 4 is 27.6 Å². The number of amides is 3. The summed E-state index contributed by atoms with van der Waals surface area (Å²) in [7, 11) is -2.26. The second kappa shape index (κ2) is 12.6. The molecule has 38 heavy (non-hydrogen) atoms. The first-order valence-electron chi connectivity index (χ1n) is 12.7. The minimum absolute atomic E-state index is 0.00140. The maximum absolute atomic E-state index is 13.3. The molecule has 208 valence electrons. The zero-order valence-electron chi connectivity index (χ0n) is 22.5. The molecule has 0 aromatic heterocycles. The molecule has 3 atom stereocenters. The van der Waals surface area contributed by atoms with Crippen LogP contribution in [0, 0.1) is 5.92 Å². The number of anilines is 1. The highest BCUT2D eigenvalue weighted by Crippen LogP contribution is 2.30. The van der Waals surface area contributed by atoms with Crippen LogP contribution in [0.3, 0.4) is 0 Å². The maximum Gasteiger partial charge on any atom is 0.319 e. The Morgan fingerprint density at radius 3 is 2.50 bits per heavy atom. The molecule has 1 aliphatic heterocycles. The number of fused-ring (bicyclic) bond motifs is 1. The standard InChI is InChI=1S/C27H38N4O6S/c1-18(2)28-27(34)29-22-11-12-24-21(13-22)14-26(33)31(20(4)17-32)15-19(3)25(37-24)16-30(5)38(35,36)23-9-7-6-8-10-23/h6-13,18-20,25,32H,14-17H2,1-5H3,(H2,28,29,34)/t19-,20-,25+/m1/s1. The number of carbonyl (C=O) groups excluding carboxylic acids is 2. The third kappa shape index (κ3) is 7.24. The topological polar surface area (TPSA) is 128 Å². The number of benzene rings is 2. The number of urea groups is 1. The highest BCUT2D eigenvalue weighted by molar-refractivity contribution is 7.89. The molecule has 0 unspecified atom stereocenters. The van der Waals surface area contributed by atoms with E-state index in [9.17, 15) is 23.1 Å². The average molecular weight is 547 g/mol. The van der Waals surface area contributed by atoms with Gasteiger partial charge in [-0.25, -0.2) is 13.2 Å². The van der Waals surface area contributed by atoms with Crippen molar-refractivity contribution in [3.05, 3.63) is 54.1 Å². The molecule has 0 bridgehead atoms. The Kier molecular flexibility index (Phi) is 9.75. The van der Waals surface area contributed by atoms with Gasteiger partial charge in [-0.1, -0.05) is 25.1 Å². The summed E-state index contributed by atoms with van der Waals surface area (Å²) in [6.45, 7) is 7.47. The maximum atomic E-state index is 13.3. The van der Waals surface area contributed by atoms with Crippen LogP contribution in [0.25, 0.3) is 0 Å². The van der Waals surface area contributed by atoms with E-state index < -0.39 is 22.2 Å². The van der Waals surface area contributed by atoms with Crippen LogP contribution < -0.4 is 15.4 Å². The molecule has 0 radical (unpaired) electrons. The molecule has 10 nitrogen and oxygen atoms in total. The number of aliphatic hydroxyl groups is 1. The Labute approximate surface area is 225 Å². The fourth-order valence-corrected chi connectivity index (χ4v) is 5.48. The van der Waals surface area contributed by atoms with Crippen LogP contribution in [0.2, 0.25) is 0 Å². The van der Waals surface area contributed by atoms with E-state index in [0.29, 0.717) is 17.0 Å². The minimum Gasteiger partial charge on any atom is -0.488 e. The summed E-state index contributed by atoms with van der Waals surface area (Å²) in [5.74, 6) is -0.0195. The van der Waals surface area contributed by atoms with Crippen LogP contribution in [0.5, 0.6) is 5.75 Å². The van der Waals surface area contributed by atoms with E-state index in [1.165, 1.54) is 11.4 Å². The van der Waals surface area contributed by atoms with Crippen molar-refractivity contribution < 1.29 is 27.9 Å². The summed E-state index contributed by atoms with van der Waals surface area (Å²) < 4.78 is 34.1. The molecule has 3 rings (SSSR count). The van der Waals surface area contributed by atoms with Crippen molar-refractivity contribution in [2.45, 2.75) is 57.2 Å². The third-order valence-electron chi connectivity index (χ3n) is 6.48. The molecule has 2 aromatic rings. The summed E-state index contributed by atoms with van der Waals surface area (Å²) in [6, 6.07) is 12.4. The third-order valence-corrected chi connectivity index (χ3v) is 8.32. The van der Waals surface area contributed by atoms with Crippen LogP contribution in [-0.4, -0.2) is 79.6 Å². The molecule has 0 saturated heterocycles. The second-order valence-corrected chi connectivity index (χ2v) is 12.1. The number of likely N-dealkylation sites (N-methyl/N-ethyl adjacent to an activating group) is 1. The van der Waals surface area contributed by atoms with E-state index in [4.69, 9.17) is 4.74 Å². The average Bonchev–Trinajstić information content (AvgIpc) is 2.91. The number of hydrogen-bond acceptors (Lipinski definition) is 6. The predicted molar refractivity (Wildman–Crippen MR) is 146 cm³/mol. The fraction of sp³-hybridized carbons (Fsp3) is 0.481. The molecule has 0 aliphatic carbocycles. The molecule has 0 spiro atoms. The Bertz CT molecular complexity index is 1220. The van der Waals surface area contributed by atoms with Crippen molar-refractivity contribution in [1.82, 2.24) is 14.5 Å². The number of nitrogens with one attached hydrogen (secondary N) is 2. The van der Waals surface area contributed by atoms with Crippen molar-refractivity contribution in [3.8, 4) is 5.75 Å². The van der Waals surface area contributed by atoms with Gasteiger partial charge in [-0.15, -0.1) is 0 Å². The molecular weight excluding hydrogens is 508 g/mol. The lowest BCUT2D eigenvalue weighted by Crippen LogP contribution is -2.48. The van der Waals surface area contributed by atoms with Gasteiger partial charge in [0.1, 0.15) is 11.9 Å². The summed E-state index contributed by atoms with van der Waals surface area (Å²) in [6.07, 6.45) is -0.599. The van der Waals surface area contributed by atoms with E-state index in [0.717, 1.165) is 0 Å². The van der Waals surface area contributed by atoms with Gasteiger partial charge in [-0.05, 0) is 51.1 Å². The van der Waals surface area contributed by atoms with Gasteiger partial charge in [0.05, 0.1) is 30.5 Å². The van der Waals surface area contributed by atoms with Gasteiger partial charge in [0.2, 0.25) is 15.9 Å². The van der Waals surface area contributed by atoms with Gasteiger partial charge in [0.25, 0.3) is 0 Å². The molecule has 2 aromatic carbocycles. The summed E-state index contributed by atoms with van der Waals surface area (Å²) in [5.41, 5.74) is 1.05. The number of hydrogen-bond donors (Lipinski definition) is 3. The smallest absolute Gasteiger partial charge is 0.319 e. The van der Waals surface area contributed by atoms with Gasteiger partial charge in [0.15, 0.2) is 0 Å². The number of carbonyl (C=O) groups is 2. The molecule has 3 N–H and O–H groups in total. The van der Waals surface area contributed by atoms with Crippen LogP contribution in [0.1, 0.15) is 33.3 Å². The van der Waals surface area contributed by atoms with E-state index >= 15 is 0 Å². The number of rotatable bonds is 8. The Hall–Kier alpha value is -3.15. The predicted octanol–water partition coefficient (Wildman–Crippen LogP) is 2.69. The van der Waals surface area contributed by atoms with Crippen molar-refractivity contribution in [2.75, 3.05) is 32.1 Å². The zero-order chi connectivity index (χ0) is 28.0.